The molecule has 2 aromatic carbocycles. The Morgan fingerprint density at radius 3 is 2.23 bits per heavy atom. The molecule has 0 aromatic heterocycles. The summed E-state index contributed by atoms with van der Waals surface area (Å²) >= 11 is 0. The lowest BCUT2D eigenvalue weighted by Crippen LogP contribution is -2.34. The van der Waals surface area contributed by atoms with Crippen LogP contribution in [0.2, 0.25) is 0 Å². The fraction of sp³-hybridized carbons (Fsp3) is 0.364. The van der Waals surface area contributed by atoms with Crippen LogP contribution < -0.4 is 5.32 Å². The highest BCUT2D eigenvalue weighted by atomic mass is 16.1. The molecule has 0 bridgehead atoms. The molecule has 4 heteroatoms. The van der Waals surface area contributed by atoms with E-state index in [-0.39, 0.29) is 17.7 Å². The number of aryl methyl sites for hydroxylation is 1. The number of benzene rings is 2. The van der Waals surface area contributed by atoms with Crippen molar-refractivity contribution in [1.29, 1.82) is 0 Å². The Balaban J connectivity index is 1.77. The van der Waals surface area contributed by atoms with Crippen molar-refractivity contribution in [1.82, 2.24) is 10.2 Å². The number of hydrogen-bond acceptors (Lipinski definition) is 3. The largest absolute Gasteiger partial charge is 0.354 e. The Hall–Kier alpha value is -2.46. The minimum absolute atomic E-state index is 0.00942. The zero-order chi connectivity index (χ0) is 18.9. The lowest BCUT2D eigenvalue weighted by Gasteiger charge is -2.25. The molecule has 0 fully saturated rings. The van der Waals surface area contributed by atoms with Gasteiger partial charge >= 0.3 is 0 Å². The molecule has 0 aliphatic rings. The maximum atomic E-state index is 12.1. The summed E-state index contributed by atoms with van der Waals surface area (Å²) in [4.78, 5) is 26.3. The van der Waals surface area contributed by atoms with E-state index >= 15 is 0 Å². The first-order chi connectivity index (χ1) is 12.5. The third kappa shape index (κ3) is 6.12. The van der Waals surface area contributed by atoms with E-state index in [1.165, 1.54) is 11.1 Å². The Bertz CT molecular complexity index is 709. The fourth-order valence-electron chi connectivity index (χ4n) is 2.86. The van der Waals surface area contributed by atoms with Gasteiger partial charge in [-0.05, 0) is 33.0 Å². The van der Waals surface area contributed by atoms with Gasteiger partial charge in [-0.15, -0.1) is 0 Å². The number of nitrogens with one attached hydrogen (secondary N) is 1. The number of amides is 1. The maximum absolute atomic E-state index is 12.1. The van der Waals surface area contributed by atoms with Crippen LogP contribution in [0.5, 0.6) is 0 Å². The Labute approximate surface area is 156 Å². The number of hydrogen-bond donors (Lipinski definition) is 1. The third-order valence-corrected chi connectivity index (χ3v) is 4.48. The van der Waals surface area contributed by atoms with Gasteiger partial charge in [0.05, 0.1) is 6.04 Å². The van der Waals surface area contributed by atoms with Crippen LogP contribution in [0.4, 0.5) is 0 Å². The van der Waals surface area contributed by atoms with Crippen LogP contribution in [0.15, 0.2) is 54.6 Å². The van der Waals surface area contributed by atoms with Gasteiger partial charge in [-0.2, -0.15) is 0 Å². The third-order valence-electron chi connectivity index (χ3n) is 4.48. The highest BCUT2D eigenvalue weighted by Crippen LogP contribution is 2.18. The summed E-state index contributed by atoms with van der Waals surface area (Å²) in [5, 5.41) is 3.00. The van der Waals surface area contributed by atoms with E-state index in [4.69, 9.17) is 0 Å². The smallest absolute Gasteiger partial charge is 0.220 e. The van der Waals surface area contributed by atoms with Gasteiger partial charge in [-0.1, -0.05) is 60.2 Å². The molecule has 138 valence electrons. The molecule has 1 N–H and O–H groups in total. The molecular formula is C22H28N2O2. The second-order valence-electron chi connectivity index (χ2n) is 6.84. The van der Waals surface area contributed by atoms with Crippen LogP contribution in [0.1, 0.15) is 46.8 Å². The molecule has 0 heterocycles. The van der Waals surface area contributed by atoms with E-state index < -0.39 is 0 Å². The fourth-order valence-corrected chi connectivity index (χ4v) is 2.86. The number of rotatable bonds is 9. The topological polar surface area (TPSA) is 49.4 Å². The molecule has 26 heavy (non-hydrogen) atoms. The molecule has 0 saturated heterocycles. The Kier molecular flexibility index (Phi) is 7.54. The second kappa shape index (κ2) is 9.88. The molecule has 1 atom stereocenters. The molecular weight excluding hydrogens is 324 g/mol. The number of nitrogens with zero attached hydrogens (tertiary/aromatic N) is 1. The van der Waals surface area contributed by atoms with Crippen molar-refractivity contribution in [2.45, 2.75) is 32.2 Å². The van der Waals surface area contributed by atoms with E-state index in [0.29, 0.717) is 31.4 Å². The van der Waals surface area contributed by atoms with Gasteiger partial charge in [-0.3, -0.25) is 9.59 Å². The highest BCUT2D eigenvalue weighted by Gasteiger charge is 2.15. The first-order valence-corrected chi connectivity index (χ1v) is 9.05. The average molecular weight is 352 g/mol. The second-order valence-corrected chi connectivity index (χ2v) is 6.84. The maximum Gasteiger partial charge on any atom is 0.220 e. The van der Waals surface area contributed by atoms with Crippen molar-refractivity contribution in [2.75, 3.05) is 20.6 Å². The first-order valence-electron chi connectivity index (χ1n) is 9.05. The van der Waals surface area contributed by atoms with Crippen LogP contribution in [0, 0.1) is 6.92 Å². The Morgan fingerprint density at radius 2 is 1.62 bits per heavy atom. The molecule has 0 aliphatic carbocycles. The molecule has 1 unspecified atom stereocenters. The summed E-state index contributed by atoms with van der Waals surface area (Å²) in [5.41, 5.74) is 3.11. The summed E-state index contributed by atoms with van der Waals surface area (Å²) in [6.07, 6.45) is 1.33. The van der Waals surface area contributed by atoms with Crippen LogP contribution in [-0.4, -0.2) is 37.2 Å². The van der Waals surface area contributed by atoms with Gasteiger partial charge in [0.2, 0.25) is 5.91 Å². The summed E-state index contributed by atoms with van der Waals surface area (Å²) in [6, 6.07) is 17.7. The summed E-state index contributed by atoms with van der Waals surface area (Å²) in [7, 11) is 4.02. The van der Waals surface area contributed by atoms with Crippen LogP contribution in [-0.2, 0) is 4.79 Å². The molecule has 0 saturated carbocycles. The van der Waals surface area contributed by atoms with E-state index in [0.717, 1.165) is 0 Å². The quantitative estimate of drug-likeness (QED) is 0.699. The van der Waals surface area contributed by atoms with Gasteiger partial charge < -0.3 is 10.2 Å². The molecule has 0 spiro atoms. The molecule has 4 nitrogen and oxygen atoms in total. The predicted molar refractivity (Wildman–Crippen MR) is 105 cm³/mol. The minimum Gasteiger partial charge on any atom is -0.354 e. The molecule has 2 aromatic rings. The minimum atomic E-state index is -0.00942. The van der Waals surface area contributed by atoms with E-state index in [1.54, 1.807) is 0 Å². The average Bonchev–Trinajstić information content (AvgIpc) is 2.63. The lowest BCUT2D eigenvalue weighted by atomic mass is 10.0. The standard InChI is InChI=1S/C22H28N2O2/c1-17-12-14-18(15-13-17)20(24(2)3)16-23-22(26)11-7-10-21(25)19-8-5-4-6-9-19/h4-6,8-9,12-15,20H,7,10-11,16H2,1-3H3,(H,23,26). The predicted octanol–water partition coefficient (Wildman–Crippen LogP) is 3.77. The van der Waals surface area contributed by atoms with Crippen molar-refractivity contribution in [3.63, 3.8) is 0 Å². The van der Waals surface area contributed by atoms with Gasteiger partial charge in [0, 0.05) is 24.9 Å². The van der Waals surface area contributed by atoms with E-state index in [1.807, 2.05) is 44.4 Å². The monoisotopic (exact) mass is 352 g/mol. The molecule has 1 amide bonds. The summed E-state index contributed by atoms with van der Waals surface area (Å²) < 4.78 is 0. The molecule has 2 rings (SSSR count). The van der Waals surface area contributed by atoms with Gasteiger partial charge in [0.25, 0.3) is 0 Å². The number of likely N-dealkylation sites (N-methyl/N-ethyl adjacent to an activating group) is 1. The lowest BCUT2D eigenvalue weighted by molar-refractivity contribution is -0.121. The molecule has 0 radical (unpaired) electrons. The first kappa shape index (κ1) is 19.9. The van der Waals surface area contributed by atoms with Gasteiger partial charge in [0.1, 0.15) is 0 Å². The zero-order valence-electron chi connectivity index (χ0n) is 15.9. The van der Waals surface area contributed by atoms with Gasteiger partial charge in [-0.25, -0.2) is 0 Å². The van der Waals surface area contributed by atoms with Crippen LogP contribution >= 0.6 is 0 Å². The highest BCUT2D eigenvalue weighted by molar-refractivity contribution is 5.96. The normalized spacial score (nSPS) is 12.0. The van der Waals surface area contributed by atoms with E-state index in [2.05, 4.69) is 41.4 Å². The van der Waals surface area contributed by atoms with Crippen molar-refractivity contribution in [3.05, 3.63) is 71.3 Å². The van der Waals surface area contributed by atoms with Crippen LogP contribution in [0.25, 0.3) is 0 Å². The van der Waals surface area contributed by atoms with Crippen molar-refractivity contribution < 1.29 is 9.59 Å². The number of carbonyl (C=O) groups excluding carboxylic acids is 2. The number of Topliss-reactive ketones (excluding diaryl/α,β-unsaturated/α-hetero) is 1. The summed E-state index contributed by atoms with van der Waals surface area (Å²) in [5.74, 6) is 0.0778. The molecule has 0 aliphatic heterocycles. The van der Waals surface area contributed by atoms with Crippen LogP contribution in [0.3, 0.4) is 0 Å². The van der Waals surface area contributed by atoms with Crippen molar-refractivity contribution in [2.24, 2.45) is 0 Å². The summed E-state index contributed by atoms with van der Waals surface area (Å²) in [6.45, 7) is 2.62. The number of carbonyl (C=O) groups is 2. The SMILES string of the molecule is Cc1ccc(C(CNC(=O)CCCC(=O)c2ccccc2)N(C)C)cc1. The Morgan fingerprint density at radius 1 is 0.962 bits per heavy atom. The van der Waals surface area contributed by atoms with Crippen molar-refractivity contribution >= 4 is 11.7 Å². The number of ketones is 1. The van der Waals surface area contributed by atoms with Crippen molar-refractivity contribution in [3.8, 4) is 0 Å². The van der Waals surface area contributed by atoms with Gasteiger partial charge in [0.15, 0.2) is 5.78 Å². The zero-order valence-corrected chi connectivity index (χ0v) is 15.9. The van der Waals surface area contributed by atoms with E-state index in [9.17, 15) is 9.59 Å².